The van der Waals surface area contributed by atoms with E-state index >= 15 is 0 Å². The number of rotatable bonds is 2. The predicted octanol–water partition coefficient (Wildman–Crippen LogP) is 3.43. The zero-order valence-corrected chi connectivity index (χ0v) is 9.84. The molecule has 1 N–H and O–H groups in total. The van der Waals surface area contributed by atoms with Gasteiger partial charge in [0.15, 0.2) is 0 Å². The van der Waals surface area contributed by atoms with Crippen LogP contribution in [0.1, 0.15) is 19.4 Å². The van der Waals surface area contributed by atoms with E-state index in [-0.39, 0.29) is 10.6 Å². The van der Waals surface area contributed by atoms with Crippen molar-refractivity contribution in [2.45, 2.75) is 24.3 Å². The van der Waals surface area contributed by atoms with Crippen LogP contribution in [0.4, 0.5) is 4.39 Å². The van der Waals surface area contributed by atoms with E-state index in [1.165, 1.54) is 25.6 Å². The van der Waals surface area contributed by atoms with Crippen molar-refractivity contribution >= 4 is 23.4 Å². The molecule has 0 unspecified atom stereocenters. The second-order valence-corrected chi connectivity index (χ2v) is 4.75. The highest BCUT2D eigenvalue weighted by atomic mass is 35.5. The molecule has 0 aliphatic heterocycles. The molecule has 1 rings (SSSR count). The normalized spacial score (nSPS) is 11.9. The first-order valence-electron chi connectivity index (χ1n) is 4.12. The van der Waals surface area contributed by atoms with E-state index in [0.717, 1.165) is 0 Å². The number of benzene rings is 1. The Morgan fingerprint density at radius 2 is 2.00 bits per heavy atom. The van der Waals surface area contributed by atoms with E-state index in [0.29, 0.717) is 4.90 Å². The van der Waals surface area contributed by atoms with Crippen LogP contribution in [-0.4, -0.2) is 11.4 Å². The van der Waals surface area contributed by atoms with Crippen molar-refractivity contribution in [1.29, 1.82) is 0 Å². The van der Waals surface area contributed by atoms with E-state index in [1.54, 1.807) is 18.4 Å². The highest BCUT2D eigenvalue weighted by Gasteiger charge is 2.25. The summed E-state index contributed by atoms with van der Waals surface area (Å²) in [6.07, 6.45) is 1.78. The fraction of sp³-hybridized carbons (Fsp3) is 0.400. The summed E-state index contributed by atoms with van der Waals surface area (Å²) in [5.41, 5.74) is -1.10. The zero-order chi connectivity index (χ0) is 10.9. The van der Waals surface area contributed by atoms with Gasteiger partial charge in [-0.1, -0.05) is 11.6 Å². The Balaban J connectivity index is 3.40. The summed E-state index contributed by atoms with van der Waals surface area (Å²) in [6, 6.07) is 3.21. The van der Waals surface area contributed by atoms with Crippen LogP contribution in [0.15, 0.2) is 17.0 Å². The first-order valence-corrected chi connectivity index (χ1v) is 5.73. The lowest BCUT2D eigenvalue weighted by molar-refractivity contribution is 0.0741. The lowest BCUT2D eigenvalue weighted by Gasteiger charge is -2.21. The summed E-state index contributed by atoms with van der Waals surface area (Å²) in [4.78, 5) is 0.492. The lowest BCUT2D eigenvalue weighted by atomic mass is 9.98. The molecule has 0 fully saturated rings. The molecule has 0 saturated carbocycles. The molecule has 0 aliphatic rings. The van der Waals surface area contributed by atoms with Crippen molar-refractivity contribution < 1.29 is 9.50 Å². The van der Waals surface area contributed by atoms with Gasteiger partial charge in [0.25, 0.3) is 0 Å². The number of hydrogen-bond donors (Lipinski definition) is 1. The van der Waals surface area contributed by atoms with Gasteiger partial charge in [-0.05, 0) is 32.2 Å². The van der Waals surface area contributed by atoms with Crippen LogP contribution in [0.3, 0.4) is 0 Å². The minimum atomic E-state index is -1.26. The van der Waals surface area contributed by atoms with Gasteiger partial charge in [0.2, 0.25) is 0 Å². The minimum Gasteiger partial charge on any atom is -0.386 e. The quantitative estimate of drug-likeness (QED) is 0.792. The Morgan fingerprint density at radius 3 is 2.43 bits per heavy atom. The molecule has 14 heavy (non-hydrogen) atoms. The summed E-state index contributed by atoms with van der Waals surface area (Å²) in [5.74, 6) is -0.433. The molecule has 0 amide bonds. The molecule has 4 heteroatoms. The second-order valence-electron chi connectivity index (χ2n) is 3.50. The highest BCUT2D eigenvalue weighted by molar-refractivity contribution is 7.98. The molecule has 0 aliphatic carbocycles. The molecule has 0 heterocycles. The van der Waals surface area contributed by atoms with E-state index < -0.39 is 11.4 Å². The van der Waals surface area contributed by atoms with Crippen LogP contribution < -0.4 is 0 Å². The fourth-order valence-corrected chi connectivity index (χ4v) is 2.11. The Kier molecular flexibility index (Phi) is 3.45. The largest absolute Gasteiger partial charge is 0.386 e. The standard InChI is InChI=1S/C10H12ClFOS/c1-10(2,13)8-6(11)4-5-7(14-3)9(8)12/h4-5,13H,1-3H3. The van der Waals surface area contributed by atoms with Crippen LogP contribution >= 0.6 is 23.4 Å². The van der Waals surface area contributed by atoms with Crippen molar-refractivity contribution in [1.82, 2.24) is 0 Å². The maximum atomic E-state index is 13.8. The maximum absolute atomic E-state index is 13.8. The summed E-state index contributed by atoms with van der Waals surface area (Å²) < 4.78 is 13.8. The summed E-state index contributed by atoms with van der Waals surface area (Å²) in [7, 11) is 0. The average Bonchev–Trinajstić information content (AvgIpc) is 2.02. The number of aliphatic hydroxyl groups is 1. The molecule has 0 bridgehead atoms. The van der Waals surface area contributed by atoms with Gasteiger partial charge in [0, 0.05) is 15.5 Å². The molecule has 0 aromatic heterocycles. The van der Waals surface area contributed by atoms with E-state index in [2.05, 4.69) is 0 Å². The van der Waals surface area contributed by atoms with Gasteiger partial charge < -0.3 is 5.11 Å². The topological polar surface area (TPSA) is 20.2 Å². The highest BCUT2D eigenvalue weighted by Crippen LogP contribution is 2.34. The molecule has 78 valence electrons. The van der Waals surface area contributed by atoms with Gasteiger partial charge in [0.05, 0.1) is 5.60 Å². The first-order chi connectivity index (χ1) is 6.38. The Hall–Kier alpha value is -0.250. The molecule has 1 aromatic carbocycles. The van der Waals surface area contributed by atoms with Gasteiger partial charge in [-0.25, -0.2) is 4.39 Å². The van der Waals surface area contributed by atoms with Crippen LogP contribution in [-0.2, 0) is 5.60 Å². The van der Waals surface area contributed by atoms with E-state index in [4.69, 9.17) is 11.6 Å². The van der Waals surface area contributed by atoms with Gasteiger partial charge in [-0.3, -0.25) is 0 Å². The molecule has 0 spiro atoms. The predicted molar refractivity (Wildman–Crippen MR) is 58.4 cm³/mol. The molecule has 0 atom stereocenters. The maximum Gasteiger partial charge on any atom is 0.144 e. The van der Waals surface area contributed by atoms with Crippen molar-refractivity contribution in [2.75, 3.05) is 6.26 Å². The second kappa shape index (κ2) is 4.09. The van der Waals surface area contributed by atoms with Crippen LogP contribution in [0.5, 0.6) is 0 Å². The van der Waals surface area contributed by atoms with E-state index in [9.17, 15) is 9.50 Å². The molecular weight excluding hydrogens is 223 g/mol. The smallest absolute Gasteiger partial charge is 0.144 e. The Bertz CT molecular complexity index is 347. The SMILES string of the molecule is CSc1ccc(Cl)c(C(C)(C)O)c1F. The molecular formula is C10H12ClFOS. The average molecular weight is 235 g/mol. The van der Waals surface area contributed by atoms with Crippen molar-refractivity contribution in [2.24, 2.45) is 0 Å². The third kappa shape index (κ3) is 2.22. The van der Waals surface area contributed by atoms with Gasteiger partial charge in [0.1, 0.15) is 5.82 Å². The summed E-state index contributed by atoms with van der Waals surface area (Å²) >= 11 is 7.12. The van der Waals surface area contributed by atoms with Crippen LogP contribution in [0, 0.1) is 5.82 Å². The molecule has 0 radical (unpaired) electrons. The number of thioether (sulfide) groups is 1. The number of halogens is 2. The third-order valence-corrected chi connectivity index (χ3v) is 2.96. The van der Waals surface area contributed by atoms with Gasteiger partial charge in [-0.15, -0.1) is 11.8 Å². The molecule has 0 saturated heterocycles. The van der Waals surface area contributed by atoms with Crippen molar-refractivity contribution in [3.8, 4) is 0 Å². The minimum absolute atomic E-state index is 0.158. The molecule has 1 nitrogen and oxygen atoms in total. The van der Waals surface area contributed by atoms with Crippen LogP contribution in [0.25, 0.3) is 0 Å². The van der Waals surface area contributed by atoms with Crippen molar-refractivity contribution in [3.05, 3.63) is 28.5 Å². The Labute approximate surface area is 92.3 Å². The zero-order valence-electron chi connectivity index (χ0n) is 8.27. The summed E-state index contributed by atoms with van der Waals surface area (Å²) in [5, 5.41) is 9.99. The molecule has 1 aromatic rings. The lowest BCUT2D eigenvalue weighted by Crippen LogP contribution is -2.18. The van der Waals surface area contributed by atoms with Gasteiger partial charge in [-0.2, -0.15) is 0 Å². The first kappa shape index (κ1) is 11.8. The third-order valence-electron chi connectivity index (χ3n) is 1.89. The Morgan fingerprint density at radius 1 is 1.43 bits per heavy atom. The van der Waals surface area contributed by atoms with E-state index in [1.807, 2.05) is 0 Å². The van der Waals surface area contributed by atoms with Crippen molar-refractivity contribution in [3.63, 3.8) is 0 Å². The van der Waals surface area contributed by atoms with Gasteiger partial charge >= 0.3 is 0 Å². The van der Waals surface area contributed by atoms with Crippen LogP contribution in [0.2, 0.25) is 5.02 Å². The monoisotopic (exact) mass is 234 g/mol. The summed E-state index contributed by atoms with van der Waals surface area (Å²) in [6.45, 7) is 3.03. The number of hydrogen-bond acceptors (Lipinski definition) is 2. The fourth-order valence-electron chi connectivity index (χ4n) is 1.25.